The molecule has 0 bridgehead atoms. The normalized spacial score (nSPS) is 11.5. The van der Waals surface area contributed by atoms with Gasteiger partial charge in [-0.15, -0.1) is 0 Å². The van der Waals surface area contributed by atoms with Gasteiger partial charge in [0.2, 0.25) is 0 Å². The Bertz CT molecular complexity index is 579. The van der Waals surface area contributed by atoms with Crippen molar-refractivity contribution < 1.29 is 14.5 Å². The number of nitrogens with zero attached hydrogens (tertiary/aromatic N) is 1. The van der Waals surface area contributed by atoms with Crippen molar-refractivity contribution in [3.8, 4) is 0 Å². The van der Waals surface area contributed by atoms with Crippen LogP contribution < -0.4 is 5.32 Å². The number of alkyl carbamates (subject to hydrolysis) is 1. The minimum absolute atomic E-state index is 0.0132. The number of amides is 1. The molecule has 0 fully saturated rings. The van der Waals surface area contributed by atoms with E-state index in [0.29, 0.717) is 23.6 Å². The zero-order chi connectivity index (χ0) is 16.8. The molecule has 6 nitrogen and oxygen atoms in total. The van der Waals surface area contributed by atoms with Crippen LogP contribution in [0.3, 0.4) is 0 Å². The molecule has 0 aliphatic rings. The van der Waals surface area contributed by atoms with Crippen LogP contribution in [-0.4, -0.2) is 23.2 Å². The SMILES string of the molecule is CC(C)(C)OC(=O)NCCC=Cc1cc(Cl)ccc1[N+](=O)[O-]. The van der Waals surface area contributed by atoms with Gasteiger partial charge in [0.15, 0.2) is 0 Å². The minimum atomic E-state index is -0.540. The van der Waals surface area contributed by atoms with E-state index in [4.69, 9.17) is 16.3 Å². The third kappa shape index (κ3) is 6.58. The molecule has 0 unspecified atom stereocenters. The number of ether oxygens (including phenoxy) is 1. The molecular formula is C15H19ClN2O4. The summed E-state index contributed by atoms with van der Waals surface area (Å²) in [6, 6.07) is 4.36. The fourth-order valence-corrected chi connectivity index (χ4v) is 1.79. The average molecular weight is 327 g/mol. The maximum absolute atomic E-state index is 11.4. The zero-order valence-corrected chi connectivity index (χ0v) is 13.5. The molecule has 0 aliphatic carbocycles. The van der Waals surface area contributed by atoms with Crippen LogP contribution >= 0.6 is 11.6 Å². The summed E-state index contributed by atoms with van der Waals surface area (Å²) >= 11 is 5.83. The van der Waals surface area contributed by atoms with Gasteiger partial charge in [-0.2, -0.15) is 0 Å². The Balaban J connectivity index is 2.52. The summed E-state index contributed by atoms with van der Waals surface area (Å²) < 4.78 is 5.09. The van der Waals surface area contributed by atoms with Crippen molar-refractivity contribution in [2.75, 3.05) is 6.54 Å². The second-order valence-electron chi connectivity index (χ2n) is 5.58. The standard InChI is InChI=1S/C15H19ClN2O4/c1-15(2,3)22-14(19)17-9-5-4-6-11-10-12(16)7-8-13(11)18(20)21/h4,6-8,10H,5,9H2,1-3H3,(H,17,19). The van der Waals surface area contributed by atoms with E-state index in [1.54, 1.807) is 32.9 Å². The summed E-state index contributed by atoms with van der Waals surface area (Å²) in [5.74, 6) is 0. The first-order valence-electron chi connectivity index (χ1n) is 6.76. The zero-order valence-electron chi connectivity index (χ0n) is 12.8. The van der Waals surface area contributed by atoms with E-state index in [1.807, 2.05) is 0 Å². The van der Waals surface area contributed by atoms with Gasteiger partial charge in [-0.25, -0.2) is 4.79 Å². The Morgan fingerprint density at radius 1 is 1.45 bits per heavy atom. The lowest BCUT2D eigenvalue weighted by Gasteiger charge is -2.19. The molecule has 0 heterocycles. The van der Waals surface area contributed by atoms with Crippen LogP contribution in [0.5, 0.6) is 0 Å². The summed E-state index contributed by atoms with van der Waals surface area (Å²) in [6.45, 7) is 5.72. The van der Waals surface area contributed by atoms with Crippen molar-refractivity contribution in [1.29, 1.82) is 0 Å². The van der Waals surface area contributed by atoms with Crippen molar-refractivity contribution >= 4 is 29.5 Å². The number of benzene rings is 1. The van der Waals surface area contributed by atoms with E-state index in [-0.39, 0.29) is 5.69 Å². The molecule has 1 amide bonds. The third-order valence-corrected chi connectivity index (χ3v) is 2.70. The molecule has 0 atom stereocenters. The fraction of sp³-hybridized carbons (Fsp3) is 0.400. The molecule has 1 aromatic rings. The Morgan fingerprint density at radius 2 is 2.14 bits per heavy atom. The van der Waals surface area contributed by atoms with E-state index in [0.717, 1.165) is 0 Å². The van der Waals surface area contributed by atoms with Crippen molar-refractivity contribution in [3.63, 3.8) is 0 Å². The molecule has 0 radical (unpaired) electrons. The molecule has 7 heteroatoms. The number of carbonyl (C=O) groups excluding carboxylic acids is 1. The Kier molecular flexibility index (Phi) is 6.37. The summed E-state index contributed by atoms with van der Waals surface area (Å²) in [5.41, 5.74) is -0.128. The summed E-state index contributed by atoms with van der Waals surface area (Å²) in [6.07, 6.45) is 3.37. The summed E-state index contributed by atoms with van der Waals surface area (Å²) in [5, 5.41) is 13.9. The lowest BCUT2D eigenvalue weighted by Crippen LogP contribution is -2.32. The predicted octanol–water partition coefficient (Wildman–Crippen LogP) is 4.18. The molecule has 1 aromatic carbocycles. The van der Waals surface area contributed by atoms with Gasteiger partial charge in [-0.3, -0.25) is 10.1 Å². The van der Waals surface area contributed by atoms with E-state index >= 15 is 0 Å². The van der Waals surface area contributed by atoms with Crippen LogP contribution in [0.1, 0.15) is 32.8 Å². The number of hydrogen-bond acceptors (Lipinski definition) is 4. The third-order valence-electron chi connectivity index (χ3n) is 2.46. The highest BCUT2D eigenvalue weighted by atomic mass is 35.5. The number of nitrogens with one attached hydrogen (secondary N) is 1. The van der Waals surface area contributed by atoms with Crippen molar-refractivity contribution in [2.24, 2.45) is 0 Å². The lowest BCUT2D eigenvalue weighted by atomic mass is 10.1. The Morgan fingerprint density at radius 3 is 2.73 bits per heavy atom. The smallest absolute Gasteiger partial charge is 0.407 e. The number of nitro groups is 1. The Labute approximate surface area is 134 Å². The van der Waals surface area contributed by atoms with Crippen LogP contribution in [-0.2, 0) is 4.74 Å². The molecule has 1 rings (SSSR count). The first kappa shape index (κ1) is 18.0. The number of halogens is 1. The van der Waals surface area contributed by atoms with E-state index in [2.05, 4.69) is 5.32 Å². The number of carbonyl (C=O) groups is 1. The van der Waals surface area contributed by atoms with Crippen LogP contribution in [0.25, 0.3) is 6.08 Å². The monoisotopic (exact) mass is 326 g/mol. The van der Waals surface area contributed by atoms with Gasteiger partial charge in [-0.1, -0.05) is 23.8 Å². The average Bonchev–Trinajstić information content (AvgIpc) is 2.35. The van der Waals surface area contributed by atoms with Crippen molar-refractivity contribution in [2.45, 2.75) is 32.8 Å². The van der Waals surface area contributed by atoms with E-state index in [1.165, 1.54) is 18.2 Å². The van der Waals surface area contributed by atoms with Crippen LogP contribution in [0.2, 0.25) is 5.02 Å². The molecule has 0 saturated carbocycles. The molecule has 1 N–H and O–H groups in total. The Hall–Kier alpha value is -2.08. The maximum Gasteiger partial charge on any atom is 0.407 e. The topological polar surface area (TPSA) is 81.5 Å². The number of hydrogen-bond donors (Lipinski definition) is 1. The van der Waals surface area contributed by atoms with Gasteiger partial charge in [0, 0.05) is 17.6 Å². The van der Waals surface area contributed by atoms with Gasteiger partial charge in [-0.05, 0) is 39.3 Å². The van der Waals surface area contributed by atoms with Crippen molar-refractivity contribution in [1.82, 2.24) is 5.32 Å². The van der Waals surface area contributed by atoms with Gasteiger partial charge in [0.1, 0.15) is 5.60 Å². The maximum atomic E-state index is 11.4. The fourth-order valence-electron chi connectivity index (χ4n) is 1.61. The lowest BCUT2D eigenvalue weighted by molar-refractivity contribution is -0.385. The predicted molar refractivity (Wildman–Crippen MR) is 86.0 cm³/mol. The highest BCUT2D eigenvalue weighted by Crippen LogP contribution is 2.23. The second-order valence-corrected chi connectivity index (χ2v) is 6.02. The quantitative estimate of drug-likeness (QED) is 0.500. The summed E-state index contributed by atoms with van der Waals surface area (Å²) in [7, 11) is 0. The molecule has 22 heavy (non-hydrogen) atoms. The second kappa shape index (κ2) is 7.79. The van der Waals surface area contributed by atoms with E-state index in [9.17, 15) is 14.9 Å². The number of rotatable bonds is 5. The van der Waals surface area contributed by atoms with Crippen LogP contribution in [0.4, 0.5) is 10.5 Å². The van der Waals surface area contributed by atoms with Crippen molar-refractivity contribution in [3.05, 3.63) is 45.0 Å². The van der Waals surface area contributed by atoms with Gasteiger partial charge < -0.3 is 10.1 Å². The molecule has 0 saturated heterocycles. The molecule has 120 valence electrons. The van der Waals surface area contributed by atoms with Gasteiger partial charge in [0.05, 0.1) is 10.5 Å². The molecule has 0 spiro atoms. The first-order chi connectivity index (χ1) is 10.2. The molecular weight excluding hydrogens is 308 g/mol. The van der Waals surface area contributed by atoms with Crippen LogP contribution in [0.15, 0.2) is 24.3 Å². The first-order valence-corrected chi connectivity index (χ1v) is 7.14. The largest absolute Gasteiger partial charge is 0.444 e. The van der Waals surface area contributed by atoms with Crippen LogP contribution in [0, 0.1) is 10.1 Å². The van der Waals surface area contributed by atoms with Gasteiger partial charge in [0.25, 0.3) is 5.69 Å². The summed E-state index contributed by atoms with van der Waals surface area (Å²) in [4.78, 5) is 21.9. The van der Waals surface area contributed by atoms with Gasteiger partial charge >= 0.3 is 6.09 Å². The minimum Gasteiger partial charge on any atom is -0.444 e. The van der Waals surface area contributed by atoms with E-state index < -0.39 is 16.6 Å². The highest BCUT2D eigenvalue weighted by molar-refractivity contribution is 6.30. The highest BCUT2D eigenvalue weighted by Gasteiger charge is 2.15. The molecule has 0 aromatic heterocycles. The molecule has 0 aliphatic heterocycles. The number of nitro benzene ring substituents is 1.